The minimum atomic E-state index is -0.359. The van der Waals surface area contributed by atoms with Crippen LogP contribution in [0.5, 0.6) is 0 Å². The third-order valence-corrected chi connectivity index (χ3v) is 3.49. The van der Waals surface area contributed by atoms with Gasteiger partial charge in [-0.3, -0.25) is 10.1 Å². The molecule has 1 N–H and O–H groups in total. The number of hydrogen-bond donors (Lipinski definition) is 1. The Morgan fingerprint density at radius 3 is 2.50 bits per heavy atom. The third kappa shape index (κ3) is 3.03. The highest BCUT2D eigenvalue weighted by atomic mass is 16.6. The Hall–Kier alpha value is -2.20. The smallest absolute Gasteiger partial charge is 0.270 e. The van der Waals surface area contributed by atoms with E-state index in [0.717, 1.165) is 17.7 Å². The van der Waals surface area contributed by atoms with Crippen LogP contribution in [0.15, 0.2) is 48.5 Å². The van der Waals surface area contributed by atoms with Crippen LogP contribution in [-0.4, -0.2) is 11.0 Å². The molecule has 1 saturated carbocycles. The lowest BCUT2D eigenvalue weighted by Gasteiger charge is -2.06. The summed E-state index contributed by atoms with van der Waals surface area (Å²) in [7, 11) is 0. The maximum Gasteiger partial charge on any atom is 0.270 e. The van der Waals surface area contributed by atoms with Gasteiger partial charge in [-0.15, -0.1) is 0 Å². The van der Waals surface area contributed by atoms with Gasteiger partial charge in [0.25, 0.3) is 5.69 Å². The van der Waals surface area contributed by atoms with Crippen molar-refractivity contribution in [2.75, 3.05) is 0 Å². The predicted molar refractivity (Wildman–Crippen MR) is 78.4 cm³/mol. The lowest BCUT2D eigenvalue weighted by molar-refractivity contribution is -0.384. The Morgan fingerprint density at radius 1 is 1.10 bits per heavy atom. The van der Waals surface area contributed by atoms with Gasteiger partial charge in [0.05, 0.1) is 4.92 Å². The fourth-order valence-electron chi connectivity index (χ4n) is 2.21. The number of non-ortho nitro benzene ring substituents is 1. The summed E-state index contributed by atoms with van der Waals surface area (Å²) in [6.07, 6.45) is 2.54. The summed E-state index contributed by atoms with van der Waals surface area (Å²) in [4.78, 5) is 10.5. The summed E-state index contributed by atoms with van der Waals surface area (Å²) in [5.41, 5.74) is 3.24. The van der Waals surface area contributed by atoms with Crippen LogP contribution in [0.25, 0.3) is 11.1 Å². The summed E-state index contributed by atoms with van der Waals surface area (Å²) in [5.74, 6) is 0. The SMILES string of the molecule is O=[N+]([O-])c1cccc(-c2cccc(CNC3CC3)c2)c1. The first-order chi connectivity index (χ1) is 9.72. The topological polar surface area (TPSA) is 55.2 Å². The van der Waals surface area contributed by atoms with Crippen molar-refractivity contribution in [3.8, 4) is 11.1 Å². The molecule has 1 aliphatic carbocycles. The molecular formula is C16H16N2O2. The standard InChI is InChI=1S/C16H16N2O2/c19-18(20)16-6-2-5-14(10-16)13-4-1-3-12(9-13)11-17-15-7-8-15/h1-6,9-10,15,17H,7-8,11H2. The normalized spacial score (nSPS) is 14.2. The number of nitro benzene ring substituents is 1. The van der Waals surface area contributed by atoms with Crippen molar-refractivity contribution in [2.45, 2.75) is 25.4 Å². The molecule has 0 saturated heterocycles. The van der Waals surface area contributed by atoms with Crippen molar-refractivity contribution < 1.29 is 4.92 Å². The van der Waals surface area contributed by atoms with Gasteiger partial charge in [-0.2, -0.15) is 0 Å². The van der Waals surface area contributed by atoms with Crippen LogP contribution >= 0.6 is 0 Å². The van der Waals surface area contributed by atoms with E-state index in [4.69, 9.17) is 0 Å². The van der Waals surface area contributed by atoms with Crippen LogP contribution in [0.4, 0.5) is 5.69 Å². The zero-order chi connectivity index (χ0) is 13.9. The van der Waals surface area contributed by atoms with Gasteiger partial charge in [-0.05, 0) is 35.6 Å². The Kier molecular flexibility index (Phi) is 3.48. The van der Waals surface area contributed by atoms with E-state index in [1.54, 1.807) is 12.1 Å². The second-order valence-electron chi connectivity index (χ2n) is 5.16. The Bertz CT molecular complexity index is 636. The van der Waals surface area contributed by atoms with Gasteiger partial charge in [0, 0.05) is 24.7 Å². The summed E-state index contributed by atoms with van der Waals surface area (Å²) in [5, 5.41) is 14.3. The van der Waals surface area contributed by atoms with Gasteiger partial charge < -0.3 is 5.32 Å². The van der Waals surface area contributed by atoms with E-state index in [2.05, 4.69) is 17.4 Å². The minimum absolute atomic E-state index is 0.129. The van der Waals surface area contributed by atoms with Gasteiger partial charge in [0.1, 0.15) is 0 Å². The molecule has 4 heteroatoms. The largest absolute Gasteiger partial charge is 0.310 e. The molecule has 0 atom stereocenters. The fraction of sp³-hybridized carbons (Fsp3) is 0.250. The van der Waals surface area contributed by atoms with Crippen molar-refractivity contribution in [2.24, 2.45) is 0 Å². The summed E-state index contributed by atoms with van der Waals surface area (Å²) in [6.45, 7) is 0.855. The van der Waals surface area contributed by atoms with Crippen LogP contribution in [0.1, 0.15) is 18.4 Å². The molecular weight excluding hydrogens is 252 g/mol. The van der Waals surface area contributed by atoms with Crippen LogP contribution in [-0.2, 0) is 6.54 Å². The number of benzene rings is 2. The van der Waals surface area contributed by atoms with Crippen LogP contribution in [0, 0.1) is 10.1 Å². The molecule has 20 heavy (non-hydrogen) atoms. The second-order valence-corrected chi connectivity index (χ2v) is 5.16. The Morgan fingerprint density at radius 2 is 1.80 bits per heavy atom. The predicted octanol–water partition coefficient (Wildman–Crippen LogP) is 3.51. The first-order valence-corrected chi connectivity index (χ1v) is 6.79. The second kappa shape index (κ2) is 5.43. The van der Waals surface area contributed by atoms with Crippen molar-refractivity contribution in [1.82, 2.24) is 5.32 Å². The van der Waals surface area contributed by atoms with Crippen LogP contribution in [0.3, 0.4) is 0 Å². The van der Waals surface area contributed by atoms with E-state index in [1.165, 1.54) is 24.5 Å². The van der Waals surface area contributed by atoms with Crippen LogP contribution < -0.4 is 5.32 Å². The maximum atomic E-state index is 10.8. The average Bonchev–Trinajstić information content (AvgIpc) is 3.30. The monoisotopic (exact) mass is 268 g/mol. The van der Waals surface area contributed by atoms with Crippen molar-refractivity contribution >= 4 is 5.69 Å². The number of nitrogens with one attached hydrogen (secondary N) is 1. The highest BCUT2D eigenvalue weighted by Crippen LogP contribution is 2.25. The van der Waals surface area contributed by atoms with E-state index >= 15 is 0 Å². The van der Waals surface area contributed by atoms with E-state index < -0.39 is 0 Å². The zero-order valence-electron chi connectivity index (χ0n) is 11.1. The summed E-state index contributed by atoms with van der Waals surface area (Å²) in [6, 6.07) is 15.6. The molecule has 0 amide bonds. The molecule has 2 aromatic rings. The lowest BCUT2D eigenvalue weighted by Crippen LogP contribution is -2.15. The summed E-state index contributed by atoms with van der Waals surface area (Å²) >= 11 is 0. The molecule has 102 valence electrons. The molecule has 0 radical (unpaired) electrons. The Labute approximate surface area is 117 Å². The highest BCUT2D eigenvalue weighted by Gasteiger charge is 2.19. The number of nitrogens with zero attached hydrogens (tertiary/aromatic N) is 1. The molecule has 0 aromatic heterocycles. The van der Waals surface area contributed by atoms with Gasteiger partial charge in [-0.25, -0.2) is 0 Å². The fourth-order valence-corrected chi connectivity index (χ4v) is 2.21. The molecule has 3 rings (SSSR count). The van der Waals surface area contributed by atoms with Gasteiger partial charge in [0.2, 0.25) is 0 Å². The van der Waals surface area contributed by atoms with E-state index in [-0.39, 0.29) is 10.6 Å². The first kappa shape index (κ1) is 12.8. The molecule has 0 bridgehead atoms. The molecule has 0 spiro atoms. The number of nitro groups is 1. The zero-order valence-corrected chi connectivity index (χ0v) is 11.1. The average molecular weight is 268 g/mol. The first-order valence-electron chi connectivity index (χ1n) is 6.79. The number of rotatable bonds is 5. The third-order valence-electron chi connectivity index (χ3n) is 3.49. The molecule has 1 fully saturated rings. The van der Waals surface area contributed by atoms with Crippen molar-refractivity contribution in [3.05, 3.63) is 64.2 Å². The highest BCUT2D eigenvalue weighted by molar-refractivity contribution is 5.66. The van der Waals surface area contributed by atoms with Crippen molar-refractivity contribution in [3.63, 3.8) is 0 Å². The lowest BCUT2D eigenvalue weighted by atomic mass is 10.0. The number of hydrogen-bond acceptors (Lipinski definition) is 3. The van der Waals surface area contributed by atoms with Crippen molar-refractivity contribution in [1.29, 1.82) is 0 Å². The molecule has 0 heterocycles. The molecule has 0 unspecified atom stereocenters. The van der Waals surface area contributed by atoms with Crippen LogP contribution in [0.2, 0.25) is 0 Å². The molecule has 2 aromatic carbocycles. The van der Waals surface area contributed by atoms with Gasteiger partial charge >= 0.3 is 0 Å². The quantitative estimate of drug-likeness (QED) is 0.667. The van der Waals surface area contributed by atoms with Gasteiger partial charge in [0.15, 0.2) is 0 Å². The minimum Gasteiger partial charge on any atom is -0.310 e. The van der Waals surface area contributed by atoms with E-state index in [1.807, 2.05) is 18.2 Å². The molecule has 4 nitrogen and oxygen atoms in total. The summed E-state index contributed by atoms with van der Waals surface area (Å²) < 4.78 is 0. The van der Waals surface area contributed by atoms with Gasteiger partial charge in [-0.1, -0.05) is 30.3 Å². The van der Waals surface area contributed by atoms with E-state index in [9.17, 15) is 10.1 Å². The molecule has 0 aliphatic heterocycles. The van der Waals surface area contributed by atoms with E-state index in [0.29, 0.717) is 6.04 Å². The molecule has 1 aliphatic rings. The Balaban J connectivity index is 1.83. The maximum absolute atomic E-state index is 10.8.